The van der Waals surface area contributed by atoms with Crippen LogP contribution in [0.2, 0.25) is 0 Å². The molecule has 0 unspecified atom stereocenters. The second-order valence-electron chi connectivity index (χ2n) is 7.78. The minimum absolute atomic E-state index is 0.0555. The second-order valence-corrected chi connectivity index (χ2v) is 7.78. The third-order valence-electron chi connectivity index (χ3n) is 5.39. The monoisotopic (exact) mass is 425 g/mol. The molecule has 0 spiro atoms. The lowest BCUT2D eigenvalue weighted by atomic mass is 9.94. The van der Waals surface area contributed by atoms with Crippen LogP contribution in [0.3, 0.4) is 0 Å². The number of aliphatic hydroxyl groups is 1. The number of carbonyl (C=O) groups excluding carboxylic acids is 2. The molecule has 1 fully saturated rings. The molecule has 0 bridgehead atoms. The van der Waals surface area contributed by atoms with Crippen molar-refractivity contribution in [1.29, 1.82) is 0 Å². The summed E-state index contributed by atoms with van der Waals surface area (Å²) in [5.41, 5.74) is 1.13. The highest BCUT2D eigenvalue weighted by Gasteiger charge is 2.46. The van der Waals surface area contributed by atoms with Crippen molar-refractivity contribution in [3.05, 3.63) is 65.2 Å². The molecule has 2 N–H and O–H groups in total. The second kappa shape index (κ2) is 9.66. The number of benzene rings is 2. The smallest absolute Gasteiger partial charge is 0.295 e. The molecule has 7 heteroatoms. The summed E-state index contributed by atoms with van der Waals surface area (Å²) in [5.74, 6) is -0.452. The molecule has 1 aliphatic heterocycles. The lowest BCUT2D eigenvalue weighted by Crippen LogP contribution is -3.05. The fourth-order valence-electron chi connectivity index (χ4n) is 3.86. The summed E-state index contributed by atoms with van der Waals surface area (Å²) >= 11 is 0. The van der Waals surface area contributed by atoms with E-state index >= 15 is 0 Å². The number of nitrogens with one attached hydrogen (secondary N) is 1. The molecule has 2 aromatic carbocycles. The molecule has 0 aromatic heterocycles. The van der Waals surface area contributed by atoms with Gasteiger partial charge < -0.3 is 24.4 Å². The van der Waals surface area contributed by atoms with Crippen LogP contribution in [-0.4, -0.2) is 63.1 Å². The van der Waals surface area contributed by atoms with Crippen molar-refractivity contribution in [2.24, 2.45) is 0 Å². The molecule has 31 heavy (non-hydrogen) atoms. The van der Waals surface area contributed by atoms with Crippen LogP contribution in [0.25, 0.3) is 5.76 Å². The van der Waals surface area contributed by atoms with Crippen molar-refractivity contribution < 1.29 is 29.1 Å². The number of aliphatic hydroxyl groups excluding tert-OH is 1. The maximum atomic E-state index is 13.1. The standard InChI is InChI=1S/C24H28N2O5/c1-25(2)13-8-14-26-21(18-11-5-6-12-19(18)31-4)20(23(28)24(26)29)22(27)16-9-7-10-17(15-16)30-3/h5-7,9-12,15,21,27H,8,13-14H2,1-4H3/p+1/b22-20+/t21-/m1/s1. The number of likely N-dealkylation sites (tertiary alicyclic amines) is 1. The van der Waals surface area contributed by atoms with Gasteiger partial charge in [-0.2, -0.15) is 0 Å². The van der Waals surface area contributed by atoms with Gasteiger partial charge in [-0.3, -0.25) is 9.59 Å². The number of rotatable bonds is 8. The number of Topliss-reactive ketones (excluding diaryl/α,β-unsaturated/α-hetero) is 1. The van der Waals surface area contributed by atoms with E-state index in [0.29, 0.717) is 29.2 Å². The molecule has 1 aliphatic rings. The lowest BCUT2D eigenvalue weighted by Gasteiger charge is -2.26. The summed E-state index contributed by atoms with van der Waals surface area (Å²) in [6, 6.07) is 13.3. The van der Waals surface area contributed by atoms with E-state index in [1.807, 2.05) is 32.3 Å². The Balaban J connectivity index is 2.15. The van der Waals surface area contributed by atoms with E-state index in [2.05, 4.69) is 0 Å². The molecule has 0 aliphatic carbocycles. The van der Waals surface area contributed by atoms with Gasteiger partial charge in [-0.25, -0.2) is 0 Å². The third kappa shape index (κ3) is 4.56. The Morgan fingerprint density at radius 1 is 1.06 bits per heavy atom. The highest BCUT2D eigenvalue weighted by atomic mass is 16.5. The quantitative estimate of drug-likeness (QED) is 0.382. The van der Waals surface area contributed by atoms with Crippen molar-refractivity contribution >= 4 is 17.4 Å². The molecule has 3 rings (SSSR count). The zero-order chi connectivity index (χ0) is 22.5. The van der Waals surface area contributed by atoms with Crippen molar-refractivity contribution in [1.82, 2.24) is 4.90 Å². The molecule has 1 heterocycles. The fourth-order valence-corrected chi connectivity index (χ4v) is 3.86. The molecule has 7 nitrogen and oxygen atoms in total. The fraction of sp³-hybridized carbons (Fsp3) is 0.333. The number of hydrogen-bond acceptors (Lipinski definition) is 5. The number of methoxy groups -OCH3 is 2. The minimum Gasteiger partial charge on any atom is -0.507 e. The van der Waals surface area contributed by atoms with Gasteiger partial charge in [0, 0.05) is 24.1 Å². The van der Waals surface area contributed by atoms with Crippen LogP contribution in [0.1, 0.15) is 23.6 Å². The number of ether oxygens (including phenoxy) is 2. The van der Waals surface area contributed by atoms with Gasteiger partial charge in [0.05, 0.1) is 46.5 Å². The number of ketones is 1. The molecule has 0 saturated carbocycles. The first-order chi connectivity index (χ1) is 14.9. The third-order valence-corrected chi connectivity index (χ3v) is 5.39. The van der Waals surface area contributed by atoms with Crippen LogP contribution in [-0.2, 0) is 9.59 Å². The molecule has 1 saturated heterocycles. The molecule has 2 aromatic rings. The summed E-state index contributed by atoms with van der Waals surface area (Å²) in [5, 5.41) is 11.1. The van der Waals surface area contributed by atoms with Crippen molar-refractivity contribution in [2.75, 3.05) is 41.4 Å². The van der Waals surface area contributed by atoms with Crippen molar-refractivity contribution in [3.63, 3.8) is 0 Å². The predicted molar refractivity (Wildman–Crippen MR) is 117 cm³/mol. The normalized spacial score (nSPS) is 18.0. The molecule has 164 valence electrons. The Bertz CT molecular complexity index is 999. The average Bonchev–Trinajstić information content (AvgIpc) is 3.03. The zero-order valence-corrected chi connectivity index (χ0v) is 18.3. The van der Waals surface area contributed by atoms with Crippen LogP contribution < -0.4 is 14.4 Å². The molecule has 1 amide bonds. The number of carbonyl (C=O) groups is 2. The first-order valence-corrected chi connectivity index (χ1v) is 10.2. The Hall–Kier alpha value is -3.32. The Kier molecular flexibility index (Phi) is 6.97. The Morgan fingerprint density at radius 2 is 1.81 bits per heavy atom. The van der Waals surface area contributed by atoms with Crippen molar-refractivity contribution in [3.8, 4) is 11.5 Å². The van der Waals surface area contributed by atoms with Gasteiger partial charge in [0.25, 0.3) is 11.7 Å². The summed E-state index contributed by atoms with van der Waals surface area (Å²) in [7, 11) is 7.14. The summed E-state index contributed by atoms with van der Waals surface area (Å²) in [6.45, 7) is 1.24. The molecular weight excluding hydrogens is 396 g/mol. The van der Waals surface area contributed by atoms with Gasteiger partial charge in [0.1, 0.15) is 17.3 Å². The van der Waals surface area contributed by atoms with Crippen LogP contribution in [0.5, 0.6) is 11.5 Å². The summed E-state index contributed by atoms with van der Waals surface area (Å²) in [4.78, 5) is 28.9. The maximum Gasteiger partial charge on any atom is 0.295 e. The number of para-hydroxylation sites is 1. The number of quaternary nitrogens is 1. The number of nitrogens with zero attached hydrogens (tertiary/aromatic N) is 1. The van der Waals surface area contributed by atoms with Gasteiger partial charge in [0.2, 0.25) is 0 Å². The summed E-state index contributed by atoms with van der Waals surface area (Å²) in [6.07, 6.45) is 0.722. The van der Waals surface area contributed by atoms with E-state index < -0.39 is 17.7 Å². The maximum absolute atomic E-state index is 13.1. The van der Waals surface area contributed by atoms with Gasteiger partial charge >= 0.3 is 0 Å². The van der Waals surface area contributed by atoms with E-state index in [-0.39, 0.29) is 11.3 Å². The molecule has 1 atom stereocenters. The highest BCUT2D eigenvalue weighted by molar-refractivity contribution is 6.46. The largest absolute Gasteiger partial charge is 0.507 e. The zero-order valence-electron chi connectivity index (χ0n) is 18.3. The topological polar surface area (TPSA) is 80.5 Å². The van der Waals surface area contributed by atoms with Crippen LogP contribution >= 0.6 is 0 Å². The Morgan fingerprint density at radius 3 is 2.48 bits per heavy atom. The predicted octanol–water partition coefficient (Wildman–Crippen LogP) is 1.66. The Labute approximate surface area is 182 Å². The lowest BCUT2D eigenvalue weighted by molar-refractivity contribution is -0.858. The van der Waals surface area contributed by atoms with E-state index in [4.69, 9.17) is 9.47 Å². The summed E-state index contributed by atoms with van der Waals surface area (Å²) < 4.78 is 10.8. The van der Waals surface area contributed by atoms with Gasteiger partial charge in [0.15, 0.2) is 0 Å². The van der Waals surface area contributed by atoms with Crippen molar-refractivity contribution in [2.45, 2.75) is 12.5 Å². The first-order valence-electron chi connectivity index (χ1n) is 10.2. The van der Waals surface area contributed by atoms with E-state index in [0.717, 1.165) is 13.0 Å². The highest BCUT2D eigenvalue weighted by Crippen LogP contribution is 2.42. The van der Waals surface area contributed by atoms with Crippen LogP contribution in [0, 0.1) is 0 Å². The van der Waals surface area contributed by atoms with Crippen LogP contribution in [0.4, 0.5) is 0 Å². The van der Waals surface area contributed by atoms with E-state index in [9.17, 15) is 14.7 Å². The average molecular weight is 426 g/mol. The molecule has 0 radical (unpaired) electrons. The van der Waals surface area contributed by atoms with Crippen LogP contribution in [0.15, 0.2) is 54.1 Å². The number of hydrogen-bond donors (Lipinski definition) is 2. The first kappa shape index (κ1) is 22.4. The SMILES string of the molecule is COc1cccc(/C(O)=C2\C(=O)C(=O)N(CCC[NH+](C)C)[C@@H]2c2ccccc2OC)c1. The molecular formula is C24H29N2O5+. The van der Waals surface area contributed by atoms with E-state index in [1.54, 1.807) is 37.4 Å². The van der Waals surface area contributed by atoms with Gasteiger partial charge in [-0.1, -0.05) is 30.3 Å². The van der Waals surface area contributed by atoms with E-state index in [1.165, 1.54) is 16.9 Å². The van der Waals surface area contributed by atoms with Gasteiger partial charge in [-0.15, -0.1) is 0 Å². The minimum atomic E-state index is -0.737. The number of amides is 1. The van der Waals surface area contributed by atoms with Gasteiger partial charge in [-0.05, 0) is 18.2 Å².